The van der Waals surface area contributed by atoms with Gasteiger partial charge in [-0.3, -0.25) is 0 Å². The highest BCUT2D eigenvalue weighted by Crippen LogP contribution is 2.30. The number of rotatable bonds is 2. The quantitative estimate of drug-likeness (QED) is 0.778. The highest BCUT2D eigenvalue weighted by molar-refractivity contribution is 9.10. The molecule has 5 heteroatoms. The Bertz CT molecular complexity index is 795. The summed E-state index contributed by atoms with van der Waals surface area (Å²) in [7, 11) is 1.88. The monoisotopic (exact) mass is 333 g/mol. The SMILES string of the molecule is Cn1c(-c2cccc(Br)c2F)nc2c(CN)cccc21. The summed E-state index contributed by atoms with van der Waals surface area (Å²) in [6.45, 7) is 0.411. The maximum absolute atomic E-state index is 14.3. The van der Waals surface area contributed by atoms with E-state index in [1.54, 1.807) is 18.2 Å². The molecule has 3 nitrogen and oxygen atoms in total. The van der Waals surface area contributed by atoms with E-state index in [2.05, 4.69) is 20.9 Å². The first-order chi connectivity index (χ1) is 9.63. The van der Waals surface area contributed by atoms with Crippen molar-refractivity contribution in [3.05, 3.63) is 52.3 Å². The lowest BCUT2D eigenvalue weighted by Gasteiger charge is -2.05. The summed E-state index contributed by atoms with van der Waals surface area (Å²) in [5, 5.41) is 0. The predicted octanol–water partition coefficient (Wildman–Crippen LogP) is 3.60. The molecule has 0 fully saturated rings. The number of hydrogen-bond donors (Lipinski definition) is 1. The third kappa shape index (κ3) is 1.94. The van der Waals surface area contributed by atoms with E-state index >= 15 is 0 Å². The van der Waals surface area contributed by atoms with E-state index < -0.39 is 0 Å². The minimum absolute atomic E-state index is 0.305. The molecule has 2 N–H and O–H groups in total. The number of nitrogens with zero attached hydrogens (tertiary/aromatic N) is 2. The maximum Gasteiger partial charge on any atom is 0.148 e. The van der Waals surface area contributed by atoms with Crippen LogP contribution < -0.4 is 5.73 Å². The molecule has 1 heterocycles. The molecule has 0 spiro atoms. The number of benzene rings is 2. The van der Waals surface area contributed by atoms with E-state index in [0.29, 0.717) is 22.4 Å². The number of aryl methyl sites for hydroxylation is 1. The van der Waals surface area contributed by atoms with E-state index in [0.717, 1.165) is 16.6 Å². The van der Waals surface area contributed by atoms with Gasteiger partial charge in [-0.1, -0.05) is 18.2 Å². The second-order valence-electron chi connectivity index (χ2n) is 4.58. The molecule has 0 amide bonds. The number of aromatic nitrogens is 2. The lowest BCUT2D eigenvalue weighted by Crippen LogP contribution is -1.97. The number of nitrogens with two attached hydrogens (primary N) is 1. The summed E-state index contributed by atoms with van der Waals surface area (Å²) in [4.78, 5) is 4.58. The molecule has 1 aromatic heterocycles. The van der Waals surface area contributed by atoms with Crippen molar-refractivity contribution in [3.8, 4) is 11.4 Å². The van der Waals surface area contributed by atoms with Crippen LogP contribution in [0.15, 0.2) is 40.9 Å². The molecule has 2 aromatic carbocycles. The van der Waals surface area contributed by atoms with E-state index in [1.165, 1.54) is 0 Å². The summed E-state index contributed by atoms with van der Waals surface area (Å²) in [5.41, 5.74) is 8.94. The average molecular weight is 334 g/mol. The number of para-hydroxylation sites is 1. The van der Waals surface area contributed by atoms with Crippen molar-refractivity contribution in [2.75, 3.05) is 0 Å². The van der Waals surface area contributed by atoms with Crippen molar-refractivity contribution >= 4 is 27.0 Å². The Morgan fingerprint density at radius 1 is 1.25 bits per heavy atom. The molecule has 0 saturated heterocycles. The smallest absolute Gasteiger partial charge is 0.148 e. The molecule has 0 atom stereocenters. The summed E-state index contributed by atoms with van der Waals surface area (Å²) in [6.07, 6.45) is 0. The maximum atomic E-state index is 14.3. The Hall–Kier alpha value is -1.72. The second-order valence-corrected chi connectivity index (χ2v) is 5.44. The molecule has 102 valence electrons. The van der Waals surface area contributed by atoms with Gasteiger partial charge in [-0.05, 0) is 39.7 Å². The predicted molar refractivity (Wildman–Crippen MR) is 81.7 cm³/mol. The van der Waals surface area contributed by atoms with E-state index in [-0.39, 0.29) is 5.82 Å². The Kier molecular flexibility index (Phi) is 3.31. The van der Waals surface area contributed by atoms with Gasteiger partial charge in [0.1, 0.15) is 11.6 Å². The summed E-state index contributed by atoms with van der Waals surface area (Å²) in [6, 6.07) is 11.0. The Morgan fingerprint density at radius 3 is 2.75 bits per heavy atom. The lowest BCUT2D eigenvalue weighted by molar-refractivity contribution is 0.622. The highest BCUT2D eigenvalue weighted by atomic mass is 79.9. The Labute approximate surface area is 124 Å². The molecule has 20 heavy (non-hydrogen) atoms. The zero-order chi connectivity index (χ0) is 14.3. The molecule has 0 saturated carbocycles. The van der Waals surface area contributed by atoms with Crippen LogP contribution in [0, 0.1) is 5.82 Å². The minimum atomic E-state index is -0.305. The Balaban J connectivity index is 2.32. The standard InChI is InChI=1S/C15H13BrFN3/c1-20-12-7-2-4-9(8-18)14(12)19-15(20)10-5-3-6-11(16)13(10)17/h2-7H,8,18H2,1H3. The first kappa shape index (κ1) is 13.3. The largest absolute Gasteiger partial charge is 0.327 e. The number of halogens is 2. The van der Waals surface area contributed by atoms with Crippen molar-refractivity contribution in [2.45, 2.75) is 6.54 Å². The van der Waals surface area contributed by atoms with Crippen LogP contribution in [0.2, 0.25) is 0 Å². The highest BCUT2D eigenvalue weighted by Gasteiger charge is 2.16. The van der Waals surface area contributed by atoms with Crippen molar-refractivity contribution in [1.29, 1.82) is 0 Å². The van der Waals surface area contributed by atoms with E-state index in [4.69, 9.17) is 5.73 Å². The molecule has 0 aliphatic carbocycles. The third-order valence-electron chi connectivity index (χ3n) is 3.41. The van der Waals surface area contributed by atoms with Crippen LogP contribution in [0.5, 0.6) is 0 Å². The zero-order valence-electron chi connectivity index (χ0n) is 10.9. The molecule has 0 aliphatic rings. The van der Waals surface area contributed by atoms with Crippen LogP contribution in [0.1, 0.15) is 5.56 Å². The summed E-state index contributed by atoms with van der Waals surface area (Å²) >= 11 is 3.21. The topological polar surface area (TPSA) is 43.8 Å². The minimum Gasteiger partial charge on any atom is -0.327 e. The molecule has 0 unspecified atom stereocenters. The number of imidazole rings is 1. The van der Waals surface area contributed by atoms with Crippen molar-refractivity contribution in [2.24, 2.45) is 12.8 Å². The normalized spacial score (nSPS) is 11.2. The zero-order valence-corrected chi connectivity index (χ0v) is 12.5. The fourth-order valence-corrected chi connectivity index (χ4v) is 2.72. The molecular formula is C15H13BrFN3. The van der Waals surface area contributed by atoms with Gasteiger partial charge in [0.25, 0.3) is 0 Å². The van der Waals surface area contributed by atoms with Crippen LogP contribution in [0.4, 0.5) is 4.39 Å². The van der Waals surface area contributed by atoms with Crippen molar-refractivity contribution in [3.63, 3.8) is 0 Å². The Morgan fingerprint density at radius 2 is 2.00 bits per heavy atom. The molecular weight excluding hydrogens is 321 g/mol. The van der Waals surface area contributed by atoms with Gasteiger partial charge in [-0.25, -0.2) is 9.37 Å². The van der Waals surface area contributed by atoms with Crippen LogP contribution >= 0.6 is 15.9 Å². The van der Waals surface area contributed by atoms with Crippen LogP contribution in [0.3, 0.4) is 0 Å². The van der Waals surface area contributed by atoms with Crippen LogP contribution in [-0.2, 0) is 13.6 Å². The van der Waals surface area contributed by atoms with E-state index in [1.807, 2.05) is 29.8 Å². The molecule has 3 aromatic rings. The van der Waals surface area contributed by atoms with E-state index in [9.17, 15) is 4.39 Å². The fourth-order valence-electron chi connectivity index (χ4n) is 2.35. The van der Waals surface area contributed by atoms with Crippen molar-refractivity contribution in [1.82, 2.24) is 9.55 Å². The summed E-state index contributed by atoms with van der Waals surface area (Å²) in [5.74, 6) is 0.292. The van der Waals surface area contributed by atoms with Gasteiger partial charge < -0.3 is 10.3 Å². The van der Waals surface area contributed by atoms with Gasteiger partial charge in [0, 0.05) is 13.6 Å². The molecule has 3 rings (SSSR count). The first-order valence-electron chi connectivity index (χ1n) is 6.22. The third-order valence-corrected chi connectivity index (χ3v) is 4.02. The van der Waals surface area contributed by atoms with Gasteiger partial charge in [0.05, 0.1) is 21.1 Å². The van der Waals surface area contributed by atoms with Gasteiger partial charge >= 0.3 is 0 Å². The second kappa shape index (κ2) is 5.00. The average Bonchev–Trinajstić information content (AvgIpc) is 2.79. The molecule has 0 radical (unpaired) electrons. The molecule has 0 bridgehead atoms. The van der Waals surface area contributed by atoms with Crippen LogP contribution in [0.25, 0.3) is 22.4 Å². The van der Waals surface area contributed by atoms with Gasteiger partial charge in [-0.2, -0.15) is 0 Å². The lowest BCUT2D eigenvalue weighted by atomic mass is 10.2. The fraction of sp³-hybridized carbons (Fsp3) is 0.133. The van der Waals surface area contributed by atoms with Gasteiger partial charge in [-0.15, -0.1) is 0 Å². The van der Waals surface area contributed by atoms with Gasteiger partial charge in [0.2, 0.25) is 0 Å². The van der Waals surface area contributed by atoms with Gasteiger partial charge in [0.15, 0.2) is 0 Å². The molecule has 0 aliphatic heterocycles. The number of hydrogen-bond acceptors (Lipinski definition) is 2. The first-order valence-corrected chi connectivity index (χ1v) is 7.01. The van der Waals surface area contributed by atoms with Crippen molar-refractivity contribution < 1.29 is 4.39 Å². The van der Waals surface area contributed by atoms with Crippen LogP contribution in [-0.4, -0.2) is 9.55 Å². The number of fused-ring (bicyclic) bond motifs is 1. The summed E-state index contributed by atoms with van der Waals surface area (Å²) < 4.78 is 16.6.